The molecule has 0 saturated carbocycles. The number of nitrogens with one attached hydrogen (secondary N) is 1. The molecule has 5 nitrogen and oxygen atoms in total. The zero-order valence-electron chi connectivity index (χ0n) is 10.6. The van der Waals surface area contributed by atoms with Crippen molar-refractivity contribution in [3.8, 4) is 0 Å². The minimum atomic E-state index is -0.357. The Morgan fingerprint density at radius 1 is 1.20 bits per heavy atom. The molecular weight excluding hydrogens is 259 g/mol. The van der Waals surface area contributed by atoms with Crippen LogP contribution in [-0.2, 0) is 13.2 Å². The lowest BCUT2D eigenvalue weighted by Crippen LogP contribution is -2.01. The molecule has 0 fully saturated rings. The van der Waals surface area contributed by atoms with E-state index in [1.165, 1.54) is 16.8 Å². The van der Waals surface area contributed by atoms with Crippen LogP contribution in [0.25, 0.3) is 5.65 Å². The second-order valence-electron chi connectivity index (χ2n) is 4.42. The van der Waals surface area contributed by atoms with Gasteiger partial charge in [0.05, 0.1) is 12.8 Å². The molecule has 3 rings (SSSR count). The van der Waals surface area contributed by atoms with Gasteiger partial charge in [-0.2, -0.15) is 4.98 Å². The second kappa shape index (κ2) is 5.26. The summed E-state index contributed by atoms with van der Waals surface area (Å²) in [6.07, 6.45) is 1.28. The molecule has 0 aliphatic heterocycles. The molecule has 0 aliphatic rings. The van der Waals surface area contributed by atoms with Crippen LogP contribution in [0.1, 0.15) is 11.1 Å². The standard InChI is InChI=1S/C14H13FN4O/c15-12-4-5-13-17-14(18-19(13)8-12)16-7-10-2-1-3-11(6-10)9-20/h1-6,8,20H,7,9H2,(H,16,18). The van der Waals surface area contributed by atoms with Crippen LogP contribution < -0.4 is 5.32 Å². The van der Waals surface area contributed by atoms with Crippen LogP contribution in [0.5, 0.6) is 0 Å². The first-order valence-corrected chi connectivity index (χ1v) is 6.19. The van der Waals surface area contributed by atoms with E-state index in [1.807, 2.05) is 24.3 Å². The molecule has 2 aromatic heterocycles. The van der Waals surface area contributed by atoms with Crippen molar-refractivity contribution in [3.63, 3.8) is 0 Å². The largest absolute Gasteiger partial charge is 0.392 e. The first-order valence-electron chi connectivity index (χ1n) is 6.19. The Kier molecular flexibility index (Phi) is 3.30. The van der Waals surface area contributed by atoms with E-state index in [1.54, 1.807) is 6.07 Å². The number of rotatable bonds is 4. The Morgan fingerprint density at radius 2 is 2.05 bits per heavy atom. The van der Waals surface area contributed by atoms with Crippen LogP contribution in [-0.4, -0.2) is 19.7 Å². The van der Waals surface area contributed by atoms with Crippen molar-refractivity contribution in [2.24, 2.45) is 0 Å². The Bertz CT molecular complexity index is 741. The van der Waals surface area contributed by atoms with Gasteiger partial charge < -0.3 is 10.4 Å². The second-order valence-corrected chi connectivity index (χ2v) is 4.42. The summed E-state index contributed by atoms with van der Waals surface area (Å²) < 4.78 is 14.4. The first kappa shape index (κ1) is 12.6. The summed E-state index contributed by atoms with van der Waals surface area (Å²) >= 11 is 0. The highest BCUT2D eigenvalue weighted by molar-refractivity contribution is 5.43. The maximum absolute atomic E-state index is 13.0. The summed E-state index contributed by atoms with van der Waals surface area (Å²) in [7, 11) is 0. The van der Waals surface area contributed by atoms with Gasteiger partial charge in [0.25, 0.3) is 0 Å². The third-order valence-corrected chi connectivity index (χ3v) is 2.92. The fourth-order valence-electron chi connectivity index (χ4n) is 1.95. The molecule has 0 spiro atoms. The molecule has 2 heterocycles. The molecule has 6 heteroatoms. The monoisotopic (exact) mass is 272 g/mol. The van der Waals surface area contributed by atoms with Crippen LogP contribution in [0.15, 0.2) is 42.6 Å². The number of halogens is 1. The van der Waals surface area contributed by atoms with Crippen molar-refractivity contribution >= 4 is 11.6 Å². The van der Waals surface area contributed by atoms with Crippen molar-refractivity contribution in [1.82, 2.24) is 14.6 Å². The predicted molar refractivity (Wildman–Crippen MR) is 72.6 cm³/mol. The number of hydrogen-bond acceptors (Lipinski definition) is 4. The summed E-state index contributed by atoms with van der Waals surface area (Å²) in [5.74, 6) is 0.0783. The molecule has 2 N–H and O–H groups in total. The van der Waals surface area contributed by atoms with Gasteiger partial charge in [0, 0.05) is 6.54 Å². The van der Waals surface area contributed by atoms with E-state index in [9.17, 15) is 4.39 Å². The van der Waals surface area contributed by atoms with E-state index in [0.717, 1.165) is 11.1 Å². The quantitative estimate of drug-likeness (QED) is 0.762. The van der Waals surface area contributed by atoms with Gasteiger partial charge in [0.15, 0.2) is 5.65 Å². The van der Waals surface area contributed by atoms with Gasteiger partial charge >= 0.3 is 0 Å². The van der Waals surface area contributed by atoms with E-state index >= 15 is 0 Å². The summed E-state index contributed by atoms with van der Waals surface area (Å²) in [6.45, 7) is 0.549. The van der Waals surface area contributed by atoms with Crippen LogP contribution in [0.3, 0.4) is 0 Å². The zero-order chi connectivity index (χ0) is 13.9. The highest BCUT2D eigenvalue weighted by Crippen LogP contribution is 2.10. The maximum Gasteiger partial charge on any atom is 0.243 e. The molecule has 0 amide bonds. The Labute approximate surface area is 114 Å². The lowest BCUT2D eigenvalue weighted by atomic mass is 10.1. The van der Waals surface area contributed by atoms with E-state index in [2.05, 4.69) is 15.4 Å². The number of anilines is 1. The van der Waals surface area contributed by atoms with E-state index in [0.29, 0.717) is 18.1 Å². The van der Waals surface area contributed by atoms with E-state index < -0.39 is 0 Å². The number of nitrogens with zero attached hydrogens (tertiary/aromatic N) is 3. The molecule has 20 heavy (non-hydrogen) atoms. The normalized spacial score (nSPS) is 10.9. The molecule has 0 aliphatic carbocycles. The molecular formula is C14H13FN4O. The van der Waals surface area contributed by atoms with Crippen molar-refractivity contribution < 1.29 is 9.50 Å². The third-order valence-electron chi connectivity index (χ3n) is 2.92. The van der Waals surface area contributed by atoms with Gasteiger partial charge in [-0.25, -0.2) is 8.91 Å². The SMILES string of the molecule is OCc1cccc(CNc2nc3ccc(F)cn3n2)c1. The summed E-state index contributed by atoms with van der Waals surface area (Å²) in [4.78, 5) is 4.24. The maximum atomic E-state index is 13.0. The van der Waals surface area contributed by atoms with Crippen LogP contribution >= 0.6 is 0 Å². The number of aromatic nitrogens is 3. The van der Waals surface area contributed by atoms with Crippen molar-refractivity contribution in [3.05, 3.63) is 59.5 Å². The van der Waals surface area contributed by atoms with Crippen molar-refractivity contribution in [2.45, 2.75) is 13.2 Å². The fourth-order valence-corrected chi connectivity index (χ4v) is 1.95. The number of pyridine rings is 1. The number of aliphatic hydroxyl groups is 1. The van der Waals surface area contributed by atoms with Gasteiger partial charge in [0.1, 0.15) is 5.82 Å². The van der Waals surface area contributed by atoms with Gasteiger partial charge in [-0.3, -0.25) is 0 Å². The highest BCUT2D eigenvalue weighted by Gasteiger charge is 2.04. The van der Waals surface area contributed by atoms with Crippen LogP contribution in [0.4, 0.5) is 10.3 Å². The summed E-state index contributed by atoms with van der Waals surface area (Å²) in [5.41, 5.74) is 2.45. The van der Waals surface area contributed by atoms with Gasteiger partial charge in [-0.15, -0.1) is 5.10 Å². The number of aliphatic hydroxyl groups excluding tert-OH is 1. The Hall–Kier alpha value is -2.47. The molecule has 0 bridgehead atoms. The lowest BCUT2D eigenvalue weighted by Gasteiger charge is -2.03. The minimum absolute atomic E-state index is 0.0136. The van der Waals surface area contributed by atoms with Crippen LogP contribution in [0.2, 0.25) is 0 Å². The van der Waals surface area contributed by atoms with E-state index in [-0.39, 0.29) is 12.4 Å². The highest BCUT2D eigenvalue weighted by atomic mass is 19.1. The Morgan fingerprint density at radius 3 is 2.90 bits per heavy atom. The van der Waals surface area contributed by atoms with Crippen molar-refractivity contribution in [1.29, 1.82) is 0 Å². The topological polar surface area (TPSA) is 62.5 Å². The van der Waals surface area contributed by atoms with Crippen molar-refractivity contribution in [2.75, 3.05) is 5.32 Å². The predicted octanol–water partition coefficient (Wildman–Crippen LogP) is 1.97. The van der Waals surface area contributed by atoms with Gasteiger partial charge in [-0.1, -0.05) is 24.3 Å². The lowest BCUT2D eigenvalue weighted by molar-refractivity contribution is 0.281. The smallest absolute Gasteiger partial charge is 0.243 e. The van der Waals surface area contributed by atoms with Crippen LogP contribution in [0, 0.1) is 5.82 Å². The molecule has 0 radical (unpaired) electrons. The fraction of sp³-hybridized carbons (Fsp3) is 0.143. The zero-order valence-corrected chi connectivity index (χ0v) is 10.6. The summed E-state index contributed by atoms with van der Waals surface area (Å²) in [6, 6.07) is 10.5. The Balaban J connectivity index is 1.76. The molecule has 0 atom stereocenters. The molecule has 1 aromatic carbocycles. The number of fused-ring (bicyclic) bond motifs is 1. The third kappa shape index (κ3) is 2.60. The number of hydrogen-bond donors (Lipinski definition) is 2. The number of benzene rings is 1. The first-order chi connectivity index (χ1) is 9.74. The molecule has 102 valence electrons. The summed E-state index contributed by atoms with van der Waals surface area (Å²) in [5, 5.41) is 16.3. The van der Waals surface area contributed by atoms with Gasteiger partial charge in [-0.05, 0) is 23.3 Å². The van der Waals surface area contributed by atoms with E-state index in [4.69, 9.17) is 5.11 Å². The molecule has 0 saturated heterocycles. The molecule has 3 aromatic rings. The van der Waals surface area contributed by atoms with Gasteiger partial charge in [0.2, 0.25) is 5.95 Å². The molecule has 0 unspecified atom stereocenters. The minimum Gasteiger partial charge on any atom is -0.392 e. The average molecular weight is 272 g/mol. The average Bonchev–Trinajstić information content (AvgIpc) is 2.87.